The number of nitrogens with zero attached hydrogens (tertiary/aromatic N) is 6. The number of carbonyl (C=O) groups is 1. The molecule has 0 bridgehead atoms. The van der Waals surface area contributed by atoms with Gasteiger partial charge in [-0.05, 0) is 40.6 Å². The Morgan fingerprint density at radius 2 is 1.77 bits per heavy atom. The van der Waals surface area contributed by atoms with E-state index in [1.54, 1.807) is 19.2 Å². The highest BCUT2D eigenvalue weighted by molar-refractivity contribution is 9.09. The largest absolute Gasteiger partial charge is 0.497 e. The van der Waals surface area contributed by atoms with Crippen molar-refractivity contribution < 1.29 is 19.4 Å². The number of methoxy groups -OCH3 is 1. The van der Waals surface area contributed by atoms with E-state index < -0.39 is 29.5 Å². The van der Waals surface area contributed by atoms with Crippen molar-refractivity contribution in [3.63, 3.8) is 0 Å². The van der Waals surface area contributed by atoms with E-state index in [1.165, 1.54) is 0 Å². The average Bonchev–Trinajstić information content (AvgIpc) is 3.01. The Morgan fingerprint density at radius 1 is 1.17 bits per heavy atom. The second-order valence-electron chi connectivity index (χ2n) is 6.94. The van der Waals surface area contributed by atoms with Gasteiger partial charge in [-0.1, -0.05) is 54.2 Å². The number of azide groups is 2. The van der Waals surface area contributed by atoms with Gasteiger partial charge < -0.3 is 14.6 Å². The number of carbonyl (C=O) groups excluding carboxylic acids is 1. The second kappa shape index (κ2) is 11.5. The Bertz CT molecular complexity index is 828. The molecule has 1 aromatic carbocycles. The first-order valence-corrected chi connectivity index (χ1v) is 11.3. The van der Waals surface area contributed by atoms with Gasteiger partial charge in [0, 0.05) is 28.2 Å². The topological polar surface area (TPSA) is 153 Å². The van der Waals surface area contributed by atoms with Crippen molar-refractivity contribution >= 4 is 37.6 Å². The smallest absolute Gasteiger partial charge is 0.149 e. The number of rotatable bonds is 11. The summed E-state index contributed by atoms with van der Waals surface area (Å²) in [5, 5.41) is 18.9. The maximum absolute atomic E-state index is 12.7. The first kappa shape index (κ1) is 24.5. The summed E-state index contributed by atoms with van der Waals surface area (Å²) in [4.78, 5) is 18.3. The van der Waals surface area contributed by atoms with Gasteiger partial charge in [0.05, 0.1) is 31.1 Å². The molecule has 0 radical (unpaired) electrons. The van der Waals surface area contributed by atoms with Crippen LogP contribution in [0.2, 0.25) is 0 Å². The highest BCUT2D eigenvalue weighted by atomic mass is 79.9. The van der Waals surface area contributed by atoms with Crippen molar-refractivity contribution in [3.05, 3.63) is 50.7 Å². The Hall–Kier alpha value is -1.81. The molecule has 0 amide bonds. The van der Waals surface area contributed by atoms with Gasteiger partial charge in [0.15, 0.2) is 0 Å². The lowest BCUT2D eigenvalue weighted by atomic mass is 9.82. The predicted molar refractivity (Wildman–Crippen MR) is 118 cm³/mol. The van der Waals surface area contributed by atoms with E-state index in [1.807, 2.05) is 12.1 Å². The summed E-state index contributed by atoms with van der Waals surface area (Å²) in [7, 11) is 1.57. The quantitative estimate of drug-likeness (QED) is 0.192. The maximum atomic E-state index is 12.7. The van der Waals surface area contributed by atoms with Crippen LogP contribution in [0.3, 0.4) is 0 Å². The van der Waals surface area contributed by atoms with Crippen molar-refractivity contribution in [1.29, 1.82) is 0 Å². The van der Waals surface area contributed by atoms with Crippen LogP contribution in [0, 0.1) is 17.8 Å². The standard InChI is InChI=1S/C18H22Br2N6O4/c1-29-12-4-2-11(3-5-12)9-30-17-14(8-24-26-22)13(7-23-25-21)16(15(27)6-19)18(17,28)10-20/h2-5,13-14,16-17,28H,6-10H2,1H3/t13-,14-,16?,17-,18?/m1/s1. The molecule has 2 rings (SSSR count). The first-order chi connectivity index (χ1) is 14.5. The minimum atomic E-state index is -1.57. The molecular formula is C18H22Br2N6O4. The van der Waals surface area contributed by atoms with Gasteiger partial charge >= 0.3 is 0 Å². The van der Waals surface area contributed by atoms with Crippen molar-refractivity contribution in [2.45, 2.75) is 18.3 Å². The van der Waals surface area contributed by atoms with E-state index in [0.717, 1.165) is 5.56 Å². The van der Waals surface area contributed by atoms with Crippen LogP contribution in [0.15, 0.2) is 34.5 Å². The summed E-state index contributed by atoms with van der Waals surface area (Å²) in [6.45, 7) is 0.139. The number of benzene rings is 1. The zero-order chi connectivity index (χ0) is 22.1. The third-order valence-corrected chi connectivity index (χ3v) is 6.84. The molecule has 1 aromatic rings. The third kappa shape index (κ3) is 5.26. The average molecular weight is 546 g/mol. The zero-order valence-electron chi connectivity index (χ0n) is 16.3. The molecule has 2 unspecified atom stereocenters. The summed E-state index contributed by atoms with van der Waals surface area (Å²) in [6, 6.07) is 7.26. The van der Waals surface area contributed by atoms with E-state index in [4.69, 9.17) is 20.5 Å². The number of alkyl halides is 2. The summed E-state index contributed by atoms with van der Waals surface area (Å²) >= 11 is 6.50. The summed E-state index contributed by atoms with van der Waals surface area (Å²) in [6.07, 6.45) is -0.823. The molecular weight excluding hydrogens is 524 g/mol. The lowest BCUT2D eigenvalue weighted by Crippen LogP contribution is -2.51. The number of aliphatic hydroxyl groups is 1. The van der Waals surface area contributed by atoms with Crippen molar-refractivity contribution in [2.24, 2.45) is 28.0 Å². The Labute approximate surface area is 190 Å². The zero-order valence-corrected chi connectivity index (χ0v) is 19.4. The van der Waals surface area contributed by atoms with Crippen LogP contribution in [0.25, 0.3) is 20.9 Å². The van der Waals surface area contributed by atoms with Crippen molar-refractivity contribution in [2.75, 3.05) is 30.9 Å². The second-order valence-corrected chi connectivity index (χ2v) is 8.06. The normalized spacial score (nSPS) is 27.7. The van der Waals surface area contributed by atoms with Gasteiger partial charge in [0.1, 0.15) is 17.1 Å². The van der Waals surface area contributed by atoms with Gasteiger partial charge in [-0.3, -0.25) is 4.79 Å². The molecule has 0 saturated heterocycles. The van der Waals surface area contributed by atoms with Crippen LogP contribution < -0.4 is 4.74 Å². The maximum Gasteiger partial charge on any atom is 0.149 e. The Morgan fingerprint density at radius 3 is 2.27 bits per heavy atom. The van der Waals surface area contributed by atoms with Crippen LogP contribution in [0.4, 0.5) is 0 Å². The van der Waals surface area contributed by atoms with E-state index in [9.17, 15) is 9.90 Å². The van der Waals surface area contributed by atoms with Crippen LogP contribution in [0.5, 0.6) is 5.75 Å². The van der Waals surface area contributed by atoms with E-state index >= 15 is 0 Å². The van der Waals surface area contributed by atoms with E-state index in [2.05, 4.69) is 51.9 Å². The number of Topliss-reactive ketones (excluding diaryl/α,β-unsaturated/α-hetero) is 1. The monoisotopic (exact) mass is 544 g/mol. The molecule has 0 heterocycles. The minimum Gasteiger partial charge on any atom is -0.497 e. The Kier molecular flexibility index (Phi) is 9.41. The van der Waals surface area contributed by atoms with Crippen molar-refractivity contribution in [1.82, 2.24) is 0 Å². The summed E-state index contributed by atoms with van der Waals surface area (Å²) < 4.78 is 11.3. The molecule has 0 aromatic heterocycles. The molecule has 1 aliphatic rings. The number of hydrogen-bond donors (Lipinski definition) is 1. The van der Waals surface area contributed by atoms with Crippen LogP contribution >= 0.6 is 31.9 Å². The molecule has 1 aliphatic carbocycles. The lowest BCUT2D eigenvalue weighted by molar-refractivity contribution is -0.139. The molecule has 0 spiro atoms. The van der Waals surface area contributed by atoms with Gasteiger partial charge in [0.2, 0.25) is 0 Å². The molecule has 12 heteroatoms. The van der Waals surface area contributed by atoms with Crippen LogP contribution in [-0.4, -0.2) is 53.5 Å². The van der Waals surface area contributed by atoms with Gasteiger partial charge in [0.25, 0.3) is 0 Å². The SMILES string of the molecule is COc1ccc(CO[C@@H]2[C@H](CN=[N+]=[N-])[C@@H](CN=[N+]=[N-])C(C(=O)CBr)C2(O)CBr)cc1. The molecule has 162 valence electrons. The molecule has 1 N–H and O–H groups in total. The Balaban J connectivity index is 2.40. The number of ketones is 1. The minimum absolute atomic E-state index is 0.00320. The van der Waals surface area contributed by atoms with Crippen LogP contribution in [0.1, 0.15) is 5.56 Å². The fourth-order valence-corrected chi connectivity index (χ4v) is 5.08. The van der Waals surface area contributed by atoms with E-state index in [-0.39, 0.29) is 36.1 Å². The molecule has 0 aliphatic heterocycles. The third-order valence-electron chi connectivity index (χ3n) is 5.39. The highest BCUT2D eigenvalue weighted by Crippen LogP contribution is 2.48. The summed E-state index contributed by atoms with van der Waals surface area (Å²) in [5.74, 6) is -1.45. The van der Waals surface area contributed by atoms with Gasteiger partial charge in [-0.25, -0.2) is 0 Å². The molecule has 5 atom stereocenters. The van der Waals surface area contributed by atoms with Crippen LogP contribution in [-0.2, 0) is 16.1 Å². The fourth-order valence-electron chi connectivity index (χ4n) is 4.06. The van der Waals surface area contributed by atoms with Gasteiger partial charge in [-0.2, -0.15) is 0 Å². The molecule has 30 heavy (non-hydrogen) atoms. The number of halogens is 2. The van der Waals surface area contributed by atoms with E-state index in [0.29, 0.717) is 5.75 Å². The summed E-state index contributed by atoms with van der Waals surface area (Å²) in [5.41, 5.74) is 16.9. The highest BCUT2D eigenvalue weighted by Gasteiger charge is 2.61. The number of hydrogen-bond acceptors (Lipinski definition) is 6. The fraction of sp³-hybridized carbons (Fsp3) is 0.611. The predicted octanol–water partition coefficient (Wildman–Crippen LogP) is 4.15. The number of ether oxygens (including phenoxy) is 2. The molecule has 1 fully saturated rings. The van der Waals surface area contributed by atoms with Crippen molar-refractivity contribution in [3.8, 4) is 5.75 Å². The van der Waals surface area contributed by atoms with Gasteiger partial charge in [-0.15, -0.1) is 0 Å². The molecule has 1 saturated carbocycles. The lowest BCUT2D eigenvalue weighted by Gasteiger charge is -2.34. The first-order valence-electron chi connectivity index (χ1n) is 9.10. The molecule has 10 nitrogen and oxygen atoms in total.